The van der Waals surface area contributed by atoms with E-state index in [1.165, 1.54) is 7.11 Å². The zero-order valence-corrected chi connectivity index (χ0v) is 15.8. The number of amides is 4. The minimum atomic E-state index is -1.49. The van der Waals surface area contributed by atoms with E-state index in [2.05, 4.69) is 10.6 Å². The van der Waals surface area contributed by atoms with Gasteiger partial charge < -0.3 is 15.8 Å². The van der Waals surface area contributed by atoms with Crippen LogP contribution in [0.2, 0.25) is 5.02 Å². The molecule has 3 heterocycles. The van der Waals surface area contributed by atoms with Crippen LogP contribution in [-0.4, -0.2) is 54.8 Å². The van der Waals surface area contributed by atoms with Crippen LogP contribution < -0.4 is 16.4 Å². The van der Waals surface area contributed by atoms with Gasteiger partial charge in [-0.15, -0.1) is 0 Å². The highest BCUT2D eigenvalue weighted by atomic mass is 35.5. The van der Waals surface area contributed by atoms with Crippen molar-refractivity contribution in [3.8, 4) is 0 Å². The zero-order chi connectivity index (χ0) is 20.2. The summed E-state index contributed by atoms with van der Waals surface area (Å²) in [5.74, 6) is -3.89. The van der Waals surface area contributed by atoms with Gasteiger partial charge in [-0.3, -0.25) is 29.4 Å². The van der Waals surface area contributed by atoms with Crippen LogP contribution in [0.3, 0.4) is 0 Å². The Morgan fingerprint density at radius 1 is 1.32 bits per heavy atom. The number of anilines is 1. The number of imide groups is 1. The van der Waals surface area contributed by atoms with Gasteiger partial charge in [-0.25, -0.2) is 0 Å². The van der Waals surface area contributed by atoms with E-state index in [4.69, 9.17) is 22.1 Å². The molecule has 4 rings (SSSR count). The van der Waals surface area contributed by atoms with Crippen LogP contribution in [-0.2, 0) is 29.5 Å². The zero-order valence-electron chi connectivity index (χ0n) is 15.0. The topological polar surface area (TPSA) is 131 Å². The van der Waals surface area contributed by atoms with Gasteiger partial charge in [0.25, 0.3) is 0 Å². The molecule has 2 fully saturated rings. The first-order valence-corrected chi connectivity index (χ1v) is 9.20. The molecule has 28 heavy (non-hydrogen) atoms. The second-order valence-electron chi connectivity index (χ2n) is 7.20. The summed E-state index contributed by atoms with van der Waals surface area (Å²) in [6.45, 7) is 0.247. The second-order valence-corrected chi connectivity index (χ2v) is 7.63. The molecule has 3 aliphatic heterocycles. The molecule has 0 aliphatic carbocycles. The number of hydrogen-bond donors (Lipinski definition) is 3. The van der Waals surface area contributed by atoms with Crippen LogP contribution in [0.15, 0.2) is 18.2 Å². The third-order valence-corrected chi connectivity index (χ3v) is 5.94. The van der Waals surface area contributed by atoms with E-state index in [-0.39, 0.29) is 19.6 Å². The second kappa shape index (κ2) is 6.54. The van der Waals surface area contributed by atoms with Gasteiger partial charge in [-0.05, 0) is 18.2 Å². The van der Waals surface area contributed by atoms with Crippen LogP contribution in [0.25, 0.3) is 0 Å². The molecule has 1 aromatic carbocycles. The van der Waals surface area contributed by atoms with Crippen molar-refractivity contribution in [2.24, 2.45) is 17.6 Å². The number of likely N-dealkylation sites (tertiary alicyclic amines) is 1. The Labute approximate surface area is 165 Å². The number of nitrogens with two attached hydrogens (primary N) is 1. The molecular weight excluding hydrogens is 388 g/mol. The molecule has 4 N–H and O–H groups in total. The molecule has 1 aromatic rings. The average molecular weight is 407 g/mol. The maximum Gasteiger partial charge on any atom is 0.250 e. The Morgan fingerprint density at radius 3 is 2.75 bits per heavy atom. The van der Waals surface area contributed by atoms with E-state index < -0.39 is 47.0 Å². The van der Waals surface area contributed by atoms with E-state index in [0.29, 0.717) is 16.3 Å². The van der Waals surface area contributed by atoms with Gasteiger partial charge in [-0.2, -0.15) is 0 Å². The number of hydrogen-bond acceptors (Lipinski definition) is 6. The lowest BCUT2D eigenvalue weighted by molar-refractivity contribution is -0.143. The van der Waals surface area contributed by atoms with Gasteiger partial charge >= 0.3 is 0 Å². The summed E-state index contributed by atoms with van der Waals surface area (Å²) < 4.78 is 4.99. The van der Waals surface area contributed by atoms with Crippen molar-refractivity contribution in [1.82, 2.24) is 10.2 Å². The predicted molar refractivity (Wildman–Crippen MR) is 98.1 cm³/mol. The number of carbonyl (C=O) groups is 4. The molecule has 1 spiro atoms. The van der Waals surface area contributed by atoms with Gasteiger partial charge in [0.1, 0.15) is 5.54 Å². The molecule has 4 amide bonds. The van der Waals surface area contributed by atoms with Crippen molar-refractivity contribution < 1.29 is 23.9 Å². The Bertz CT molecular complexity index is 906. The monoisotopic (exact) mass is 406 g/mol. The number of halogens is 1. The summed E-state index contributed by atoms with van der Waals surface area (Å²) in [4.78, 5) is 52.0. The quantitative estimate of drug-likeness (QED) is 0.569. The number of nitrogens with one attached hydrogen (secondary N) is 2. The van der Waals surface area contributed by atoms with Gasteiger partial charge in [0.15, 0.2) is 0 Å². The van der Waals surface area contributed by atoms with Crippen molar-refractivity contribution in [1.29, 1.82) is 0 Å². The first kappa shape index (κ1) is 18.9. The van der Waals surface area contributed by atoms with Crippen molar-refractivity contribution in [3.05, 3.63) is 28.8 Å². The van der Waals surface area contributed by atoms with Crippen LogP contribution in [0, 0.1) is 11.8 Å². The first-order chi connectivity index (χ1) is 13.3. The highest BCUT2D eigenvalue weighted by Crippen LogP contribution is 2.53. The molecule has 9 nitrogen and oxygen atoms in total. The van der Waals surface area contributed by atoms with E-state index in [9.17, 15) is 19.2 Å². The number of benzene rings is 1. The van der Waals surface area contributed by atoms with Crippen molar-refractivity contribution in [3.63, 3.8) is 0 Å². The summed E-state index contributed by atoms with van der Waals surface area (Å²) >= 11 is 6.14. The SMILES string of the molecule is COCCN1C(=O)[C@@H]2[C@H](CC(N)=O)N[C@@]3(C(=O)Nc4ccc(Cl)cc43)[C@@H]2C1=O. The largest absolute Gasteiger partial charge is 0.383 e. The van der Waals surface area contributed by atoms with Gasteiger partial charge in [0, 0.05) is 35.8 Å². The molecule has 10 heteroatoms. The average Bonchev–Trinajstić information content (AvgIpc) is 3.19. The smallest absolute Gasteiger partial charge is 0.250 e. The fourth-order valence-electron chi connectivity index (χ4n) is 4.63. The number of nitrogens with zero attached hydrogens (tertiary/aromatic N) is 1. The predicted octanol–water partition coefficient (Wildman–Crippen LogP) is -0.418. The molecule has 0 bridgehead atoms. The summed E-state index contributed by atoms with van der Waals surface area (Å²) in [5.41, 5.74) is 4.87. The molecular formula is C18H19ClN4O5. The molecule has 3 aliphatic rings. The first-order valence-electron chi connectivity index (χ1n) is 8.83. The molecule has 0 aromatic heterocycles. The minimum Gasteiger partial charge on any atom is -0.383 e. The summed E-state index contributed by atoms with van der Waals surface area (Å²) in [7, 11) is 1.47. The van der Waals surface area contributed by atoms with Crippen molar-refractivity contribution in [2.75, 3.05) is 25.6 Å². The lowest BCUT2D eigenvalue weighted by Gasteiger charge is -2.29. The van der Waals surface area contributed by atoms with Crippen LogP contribution in [0.5, 0.6) is 0 Å². The van der Waals surface area contributed by atoms with Crippen molar-refractivity contribution in [2.45, 2.75) is 18.0 Å². The van der Waals surface area contributed by atoms with E-state index in [1.807, 2.05) is 0 Å². The molecule has 0 unspecified atom stereocenters. The maximum absolute atomic E-state index is 13.2. The number of primary amides is 1. The molecule has 4 atom stereocenters. The number of methoxy groups -OCH3 is 1. The molecule has 0 saturated carbocycles. The normalized spacial score (nSPS) is 30.7. The number of ether oxygens (including phenoxy) is 1. The summed E-state index contributed by atoms with van der Waals surface area (Å²) in [6.07, 6.45) is -0.177. The summed E-state index contributed by atoms with van der Waals surface area (Å²) in [5, 5.41) is 6.24. The van der Waals surface area contributed by atoms with Gasteiger partial charge in [0.05, 0.1) is 25.0 Å². The number of fused-ring (bicyclic) bond motifs is 4. The lowest BCUT2D eigenvalue weighted by atomic mass is 9.76. The molecule has 0 radical (unpaired) electrons. The third-order valence-electron chi connectivity index (χ3n) is 5.71. The Balaban J connectivity index is 1.85. The Morgan fingerprint density at radius 2 is 2.07 bits per heavy atom. The van der Waals surface area contributed by atoms with Crippen LogP contribution in [0.1, 0.15) is 12.0 Å². The fraction of sp³-hybridized carbons (Fsp3) is 0.444. The van der Waals surface area contributed by atoms with Crippen molar-refractivity contribution >= 4 is 40.9 Å². The minimum absolute atomic E-state index is 0.0740. The van der Waals surface area contributed by atoms with Gasteiger partial charge in [-0.1, -0.05) is 11.6 Å². The Hall–Kier alpha value is -2.49. The van der Waals surface area contributed by atoms with E-state index in [1.54, 1.807) is 18.2 Å². The van der Waals surface area contributed by atoms with E-state index >= 15 is 0 Å². The highest BCUT2D eigenvalue weighted by molar-refractivity contribution is 6.31. The highest BCUT2D eigenvalue weighted by Gasteiger charge is 2.70. The van der Waals surface area contributed by atoms with Crippen LogP contribution in [0.4, 0.5) is 5.69 Å². The van der Waals surface area contributed by atoms with Gasteiger partial charge in [0.2, 0.25) is 23.6 Å². The third kappa shape index (κ3) is 2.47. The number of rotatable bonds is 5. The standard InChI is InChI=1S/C18H19ClN4O5/c1-28-5-4-23-15(25)13-11(7-12(20)24)22-18(14(13)16(23)26)9-6-8(19)2-3-10(9)21-17(18)27/h2-3,6,11,13-14,22H,4-5,7H2,1H3,(H2,20,24)(H,21,27)/t11-,13+,14-,18+/m0/s1. The summed E-state index contributed by atoms with van der Waals surface area (Å²) in [6, 6.07) is 4.12. The number of carbonyl (C=O) groups excluding carboxylic acids is 4. The lowest BCUT2D eigenvalue weighted by Crippen LogP contribution is -2.53. The maximum atomic E-state index is 13.2. The molecule has 2 saturated heterocycles. The Kier molecular flexibility index (Phi) is 4.40. The molecule has 148 valence electrons. The van der Waals surface area contributed by atoms with Crippen LogP contribution >= 0.6 is 11.6 Å². The van der Waals surface area contributed by atoms with E-state index in [0.717, 1.165) is 4.90 Å². The fourth-order valence-corrected chi connectivity index (χ4v) is 4.80.